The molecule has 1 atom stereocenters. The SMILES string of the molecule is CCCCC(O)C1CCCC1. The Balaban J connectivity index is 2.12. The van der Waals surface area contributed by atoms with E-state index < -0.39 is 0 Å². The van der Waals surface area contributed by atoms with Crippen LogP contribution in [0.25, 0.3) is 0 Å². The minimum absolute atomic E-state index is 0.0115. The summed E-state index contributed by atoms with van der Waals surface area (Å²) < 4.78 is 0. The van der Waals surface area contributed by atoms with Crippen molar-refractivity contribution in [3.63, 3.8) is 0 Å². The monoisotopic (exact) mass is 156 g/mol. The van der Waals surface area contributed by atoms with Crippen LogP contribution in [-0.4, -0.2) is 11.2 Å². The largest absolute Gasteiger partial charge is 0.393 e. The summed E-state index contributed by atoms with van der Waals surface area (Å²) >= 11 is 0. The van der Waals surface area contributed by atoms with Gasteiger partial charge in [-0.05, 0) is 25.2 Å². The molecule has 0 aromatic carbocycles. The Bertz CT molecular complexity index is 95.0. The predicted octanol–water partition coefficient (Wildman–Crippen LogP) is 2.73. The molecule has 0 bridgehead atoms. The van der Waals surface area contributed by atoms with Gasteiger partial charge >= 0.3 is 0 Å². The van der Waals surface area contributed by atoms with Gasteiger partial charge in [-0.25, -0.2) is 0 Å². The van der Waals surface area contributed by atoms with Crippen molar-refractivity contribution in [1.82, 2.24) is 0 Å². The lowest BCUT2D eigenvalue weighted by Crippen LogP contribution is -2.16. The van der Waals surface area contributed by atoms with Gasteiger partial charge in [-0.2, -0.15) is 0 Å². The Kier molecular flexibility index (Phi) is 3.92. The molecule has 1 fully saturated rings. The molecular formula is C10H20O. The number of rotatable bonds is 4. The molecule has 1 heteroatoms. The van der Waals surface area contributed by atoms with Crippen LogP contribution < -0.4 is 0 Å². The summed E-state index contributed by atoms with van der Waals surface area (Å²) in [6, 6.07) is 0. The smallest absolute Gasteiger partial charge is 0.0568 e. The molecule has 0 spiro atoms. The lowest BCUT2D eigenvalue weighted by atomic mass is 9.97. The Morgan fingerprint density at radius 1 is 1.36 bits per heavy atom. The molecule has 66 valence electrons. The fourth-order valence-corrected chi connectivity index (χ4v) is 1.99. The maximum absolute atomic E-state index is 9.68. The van der Waals surface area contributed by atoms with Crippen molar-refractivity contribution in [2.75, 3.05) is 0 Å². The van der Waals surface area contributed by atoms with E-state index >= 15 is 0 Å². The van der Waals surface area contributed by atoms with E-state index in [-0.39, 0.29) is 6.10 Å². The van der Waals surface area contributed by atoms with Gasteiger partial charge in [0.2, 0.25) is 0 Å². The van der Waals surface area contributed by atoms with Crippen molar-refractivity contribution in [2.24, 2.45) is 5.92 Å². The Morgan fingerprint density at radius 3 is 2.55 bits per heavy atom. The van der Waals surface area contributed by atoms with Crippen molar-refractivity contribution in [3.05, 3.63) is 0 Å². The van der Waals surface area contributed by atoms with E-state index in [4.69, 9.17) is 0 Å². The highest BCUT2D eigenvalue weighted by Crippen LogP contribution is 2.29. The average molecular weight is 156 g/mol. The third-order valence-electron chi connectivity index (χ3n) is 2.80. The van der Waals surface area contributed by atoms with Gasteiger partial charge in [0, 0.05) is 0 Å². The van der Waals surface area contributed by atoms with Crippen LogP contribution in [0.5, 0.6) is 0 Å². The van der Waals surface area contributed by atoms with Gasteiger partial charge in [-0.3, -0.25) is 0 Å². The number of hydrogen-bond acceptors (Lipinski definition) is 1. The zero-order valence-electron chi connectivity index (χ0n) is 7.55. The van der Waals surface area contributed by atoms with Crippen LogP contribution in [0.15, 0.2) is 0 Å². The summed E-state index contributed by atoms with van der Waals surface area (Å²) in [5.41, 5.74) is 0. The van der Waals surface area contributed by atoms with E-state index in [0.717, 1.165) is 6.42 Å². The maximum Gasteiger partial charge on any atom is 0.0568 e. The van der Waals surface area contributed by atoms with Crippen molar-refractivity contribution in [1.29, 1.82) is 0 Å². The fraction of sp³-hybridized carbons (Fsp3) is 1.00. The zero-order chi connectivity index (χ0) is 8.10. The molecule has 1 saturated carbocycles. The second kappa shape index (κ2) is 4.76. The molecule has 0 radical (unpaired) electrons. The number of unbranched alkanes of at least 4 members (excludes halogenated alkanes) is 1. The molecule has 0 aliphatic heterocycles. The van der Waals surface area contributed by atoms with E-state index in [1.165, 1.54) is 38.5 Å². The number of aliphatic hydroxyl groups is 1. The number of aliphatic hydroxyl groups excluding tert-OH is 1. The van der Waals surface area contributed by atoms with Gasteiger partial charge in [0.25, 0.3) is 0 Å². The topological polar surface area (TPSA) is 20.2 Å². The summed E-state index contributed by atoms with van der Waals surface area (Å²) in [5.74, 6) is 0.640. The molecule has 0 heterocycles. The van der Waals surface area contributed by atoms with Gasteiger partial charge in [0.15, 0.2) is 0 Å². The summed E-state index contributed by atoms with van der Waals surface area (Å²) in [6.07, 6.45) is 8.66. The third-order valence-corrected chi connectivity index (χ3v) is 2.80. The average Bonchev–Trinajstić information content (AvgIpc) is 2.52. The quantitative estimate of drug-likeness (QED) is 0.663. The van der Waals surface area contributed by atoms with Crippen LogP contribution >= 0.6 is 0 Å². The normalized spacial score (nSPS) is 22.4. The molecule has 0 amide bonds. The van der Waals surface area contributed by atoms with Gasteiger partial charge in [0.05, 0.1) is 6.10 Å². The molecule has 1 nitrogen and oxygen atoms in total. The highest BCUT2D eigenvalue weighted by Gasteiger charge is 2.21. The highest BCUT2D eigenvalue weighted by atomic mass is 16.3. The van der Waals surface area contributed by atoms with Crippen LogP contribution in [0.4, 0.5) is 0 Å². The molecule has 1 aliphatic carbocycles. The van der Waals surface area contributed by atoms with Crippen molar-refractivity contribution in [2.45, 2.75) is 58.0 Å². The van der Waals surface area contributed by atoms with Gasteiger partial charge in [-0.15, -0.1) is 0 Å². The Morgan fingerprint density at radius 2 is 2.00 bits per heavy atom. The molecule has 11 heavy (non-hydrogen) atoms. The first kappa shape index (κ1) is 9.05. The molecule has 0 aromatic rings. The summed E-state index contributed by atoms with van der Waals surface area (Å²) in [5, 5.41) is 9.68. The van der Waals surface area contributed by atoms with Crippen molar-refractivity contribution >= 4 is 0 Å². The molecule has 1 N–H and O–H groups in total. The van der Waals surface area contributed by atoms with E-state index in [1.807, 2.05) is 0 Å². The zero-order valence-corrected chi connectivity index (χ0v) is 7.55. The van der Waals surface area contributed by atoms with E-state index in [9.17, 15) is 5.11 Å². The Hall–Kier alpha value is -0.0400. The highest BCUT2D eigenvalue weighted by molar-refractivity contribution is 4.74. The van der Waals surface area contributed by atoms with E-state index in [1.54, 1.807) is 0 Å². The van der Waals surface area contributed by atoms with Gasteiger partial charge in [0.1, 0.15) is 0 Å². The van der Waals surface area contributed by atoms with Crippen molar-refractivity contribution in [3.8, 4) is 0 Å². The summed E-state index contributed by atoms with van der Waals surface area (Å²) in [6.45, 7) is 2.18. The Labute approximate surface area is 69.8 Å². The summed E-state index contributed by atoms with van der Waals surface area (Å²) in [4.78, 5) is 0. The first-order valence-electron chi connectivity index (χ1n) is 5.02. The van der Waals surface area contributed by atoms with Crippen LogP contribution in [0.3, 0.4) is 0 Å². The minimum atomic E-state index is 0.0115. The molecular weight excluding hydrogens is 136 g/mol. The van der Waals surface area contributed by atoms with E-state index in [2.05, 4.69) is 6.92 Å². The second-order valence-corrected chi connectivity index (χ2v) is 3.75. The van der Waals surface area contributed by atoms with E-state index in [0.29, 0.717) is 5.92 Å². The molecule has 1 unspecified atom stereocenters. The van der Waals surface area contributed by atoms with Crippen molar-refractivity contribution < 1.29 is 5.11 Å². The lowest BCUT2D eigenvalue weighted by Gasteiger charge is -2.16. The second-order valence-electron chi connectivity index (χ2n) is 3.75. The first-order chi connectivity index (χ1) is 5.34. The number of hydrogen-bond donors (Lipinski definition) is 1. The summed E-state index contributed by atoms with van der Waals surface area (Å²) in [7, 11) is 0. The first-order valence-corrected chi connectivity index (χ1v) is 5.02. The van der Waals surface area contributed by atoms with Gasteiger partial charge < -0.3 is 5.11 Å². The van der Waals surface area contributed by atoms with Crippen LogP contribution in [0, 0.1) is 5.92 Å². The standard InChI is InChI=1S/C10H20O/c1-2-3-8-10(11)9-6-4-5-7-9/h9-11H,2-8H2,1H3. The fourth-order valence-electron chi connectivity index (χ4n) is 1.99. The van der Waals surface area contributed by atoms with Gasteiger partial charge in [-0.1, -0.05) is 32.6 Å². The minimum Gasteiger partial charge on any atom is -0.393 e. The van der Waals surface area contributed by atoms with Crippen LogP contribution in [0.2, 0.25) is 0 Å². The van der Waals surface area contributed by atoms with Crippen LogP contribution in [-0.2, 0) is 0 Å². The predicted molar refractivity (Wildman–Crippen MR) is 47.5 cm³/mol. The lowest BCUT2D eigenvalue weighted by molar-refractivity contribution is 0.0995. The third kappa shape index (κ3) is 2.82. The molecule has 1 aliphatic rings. The molecule has 0 saturated heterocycles. The maximum atomic E-state index is 9.68. The molecule has 1 rings (SSSR count). The molecule has 0 aromatic heterocycles. The van der Waals surface area contributed by atoms with Crippen LogP contribution in [0.1, 0.15) is 51.9 Å².